The van der Waals surface area contributed by atoms with Gasteiger partial charge >= 0.3 is 0 Å². The van der Waals surface area contributed by atoms with Gasteiger partial charge in [-0.1, -0.05) is 18.2 Å². The molecule has 6 nitrogen and oxygen atoms in total. The second-order valence-corrected chi connectivity index (χ2v) is 6.22. The van der Waals surface area contributed by atoms with E-state index in [-0.39, 0.29) is 5.16 Å². The molecule has 0 saturated heterocycles. The highest BCUT2D eigenvalue weighted by Crippen LogP contribution is 2.33. The molecular formula is C12H14N4O2S. The summed E-state index contributed by atoms with van der Waals surface area (Å²) >= 11 is 0. The quantitative estimate of drug-likeness (QED) is 0.898. The minimum Gasteiger partial charge on any atom is -0.269 e. The Morgan fingerprint density at radius 2 is 1.89 bits per heavy atom. The van der Waals surface area contributed by atoms with Crippen molar-refractivity contribution in [2.24, 2.45) is 11.1 Å². The molecule has 1 aromatic carbocycles. The minimum atomic E-state index is -3.89. The predicted molar refractivity (Wildman–Crippen MR) is 69.2 cm³/mol. The summed E-state index contributed by atoms with van der Waals surface area (Å²) in [6.07, 6.45) is 3.05. The molecule has 0 unspecified atom stereocenters. The molecule has 1 aliphatic carbocycles. The lowest BCUT2D eigenvalue weighted by atomic mass is 10.2. The number of sulfonamides is 1. The normalized spacial score (nSPS) is 15.6. The molecule has 0 spiro atoms. The van der Waals surface area contributed by atoms with E-state index in [1.807, 2.05) is 30.3 Å². The number of para-hydroxylation sites is 1. The molecule has 1 saturated carbocycles. The Labute approximate surface area is 111 Å². The number of aromatic nitrogens is 3. The van der Waals surface area contributed by atoms with E-state index in [1.165, 1.54) is 4.57 Å². The Kier molecular flexibility index (Phi) is 2.87. The van der Waals surface area contributed by atoms with Crippen molar-refractivity contribution < 1.29 is 8.42 Å². The van der Waals surface area contributed by atoms with Crippen molar-refractivity contribution in [2.75, 3.05) is 0 Å². The first-order chi connectivity index (χ1) is 9.05. The van der Waals surface area contributed by atoms with Gasteiger partial charge < -0.3 is 0 Å². The van der Waals surface area contributed by atoms with Crippen LogP contribution >= 0.6 is 0 Å². The third-order valence-corrected chi connectivity index (χ3v) is 3.91. The van der Waals surface area contributed by atoms with E-state index in [2.05, 4.69) is 10.2 Å². The molecule has 2 aromatic rings. The Morgan fingerprint density at radius 1 is 1.21 bits per heavy atom. The number of benzene rings is 1. The zero-order chi connectivity index (χ0) is 13.5. The maximum atomic E-state index is 11.6. The molecule has 0 radical (unpaired) electrons. The predicted octanol–water partition coefficient (Wildman–Crippen LogP) is 0.867. The number of rotatable bonds is 4. The van der Waals surface area contributed by atoms with Crippen LogP contribution < -0.4 is 5.14 Å². The number of hydrogen-bond acceptors (Lipinski definition) is 4. The molecule has 0 amide bonds. The summed E-state index contributed by atoms with van der Waals surface area (Å²) in [4.78, 5) is 0. The second kappa shape index (κ2) is 4.43. The average Bonchev–Trinajstić information content (AvgIpc) is 3.06. The van der Waals surface area contributed by atoms with Crippen molar-refractivity contribution in [1.82, 2.24) is 14.8 Å². The highest BCUT2D eigenvalue weighted by molar-refractivity contribution is 7.89. The van der Waals surface area contributed by atoms with Gasteiger partial charge in [0.05, 0.1) is 0 Å². The summed E-state index contributed by atoms with van der Waals surface area (Å²) in [7, 11) is -3.89. The minimum absolute atomic E-state index is 0.200. The summed E-state index contributed by atoms with van der Waals surface area (Å²) in [5.74, 6) is 1.23. The lowest BCUT2D eigenvalue weighted by Crippen LogP contribution is -2.18. The van der Waals surface area contributed by atoms with Gasteiger partial charge in [-0.05, 0) is 30.9 Å². The smallest absolute Gasteiger partial charge is 0.269 e. The molecule has 1 aliphatic rings. The van der Waals surface area contributed by atoms with Gasteiger partial charge in [0.15, 0.2) is 0 Å². The molecule has 1 fully saturated rings. The summed E-state index contributed by atoms with van der Waals surface area (Å²) in [6.45, 7) is 0. The molecule has 2 N–H and O–H groups in total. The van der Waals surface area contributed by atoms with E-state index in [9.17, 15) is 8.42 Å². The van der Waals surface area contributed by atoms with Gasteiger partial charge in [-0.2, -0.15) is 0 Å². The largest absolute Gasteiger partial charge is 0.274 e. The lowest BCUT2D eigenvalue weighted by molar-refractivity contribution is 0.583. The van der Waals surface area contributed by atoms with E-state index in [4.69, 9.17) is 5.14 Å². The van der Waals surface area contributed by atoms with Crippen LogP contribution in [-0.4, -0.2) is 23.2 Å². The second-order valence-electron chi connectivity index (χ2n) is 4.76. The van der Waals surface area contributed by atoms with Crippen molar-refractivity contribution in [2.45, 2.75) is 24.4 Å². The first-order valence-corrected chi connectivity index (χ1v) is 7.63. The van der Waals surface area contributed by atoms with Crippen molar-refractivity contribution in [3.8, 4) is 5.69 Å². The highest BCUT2D eigenvalue weighted by atomic mass is 32.2. The molecule has 0 bridgehead atoms. The average molecular weight is 278 g/mol. The molecule has 100 valence electrons. The van der Waals surface area contributed by atoms with Crippen LogP contribution in [0.1, 0.15) is 18.7 Å². The van der Waals surface area contributed by atoms with Crippen molar-refractivity contribution >= 4 is 10.0 Å². The molecule has 7 heteroatoms. The highest BCUT2D eigenvalue weighted by Gasteiger charge is 2.28. The molecule has 0 aliphatic heterocycles. The van der Waals surface area contributed by atoms with Crippen LogP contribution in [0.4, 0.5) is 0 Å². The zero-order valence-corrected chi connectivity index (χ0v) is 11.0. The van der Waals surface area contributed by atoms with Crippen molar-refractivity contribution in [1.29, 1.82) is 0 Å². The van der Waals surface area contributed by atoms with Gasteiger partial charge in [-0.15, -0.1) is 10.2 Å². The molecule has 19 heavy (non-hydrogen) atoms. The topological polar surface area (TPSA) is 90.9 Å². The van der Waals surface area contributed by atoms with Gasteiger partial charge in [0.25, 0.3) is 15.2 Å². The van der Waals surface area contributed by atoms with Gasteiger partial charge in [-0.25, -0.2) is 13.6 Å². The first-order valence-electron chi connectivity index (χ1n) is 6.08. The van der Waals surface area contributed by atoms with Crippen LogP contribution in [0.3, 0.4) is 0 Å². The summed E-state index contributed by atoms with van der Waals surface area (Å²) in [5.41, 5.74) is 0.715. The van der Waals surface area contributed by atoms with Gasteiger partial charge in [-0.3, -0.25) is 4.57 Å². The van der Waals surface area contributed by atoms with Crippen LogP contribution in [0, 0.1) is 5.92 Å². The van der Waals surface area contributed by atoms with Crippen LogP contribution in [0.25, 0.3) is 5.69 Å². The number of nitrogens with zero attached hydrogens (tertiary/aromatic N) is 3. The number of nitrogens with two attached hydrogens (primary N) is 1. The third-order valence-electron chi connectivity index (χ3n) is 3.14. The van der Waals surface area contributed by atoms with E-state index in [1.54, 1.807) is 0 Å². The number of hydrogen-bond donors (Lipinski definition) is 1. The summed E-state index contributed by atoms with van der Waals surface area (Å²) < 4.78 is 24.7. The van der Waals surface area contributed by atoms with Crippen LogP contribution in [0.15, 0.2) is 35.5 Å². The van der Waals surface area contributed by atoms with E-state index in [0.29, 0.717) is 17.4 Å². The van der Waals surface area contributed by atoms with Crippen LogP contribution in [-0.2, 0) is 16.4 Å². The van der Waals surface area contributed by atoms with Gasteiger partial charge in [0.1, 0.15) is 5.82 Å². The lowest BCUT2D eigenvalue weighted by Gasteiger charge is -2.08. The Morgan fingerprint density at radius 3 is 2.47 bits per heavy atom. The van der Waals surface area contributed by atoms with E-state index >= 15 is 0 Å². The molecule has 1 heterocycles. The Hall–Kier alpha value is -1.73. The molecular weight excluding hydrogens is 264 g/mol. The van der Waals surface area contributed by atoms with E-state index in [0.717, 1.165) is 19.3 Å². The van der Waals surface area contributed by atoms with E-state index < -0.39 is 10.0 Å². The fourth-order valence-corrected chi connectivity index (χ4v) is 2.65. The SMILES string of the molecule is NS(=O)(=O)c1nnc(CC2CC2)n1-c1ccccc1. The standard InChI is InChI=1S/C12H14N4O2S/c13-19(17,18)12-15-14-11(8-9-6-7-9)16(12)10-4-2-1-3-5-10/h1-5,9H,6-8H2,(H2,13,17,18). The fraction of sp³-hybridized carbons (Fsp3) is 0.333. The molecule has 1 aromatic heterocycles. The van der Waals surface area contributed by atoms with Crippen molar-refractivity contribution in [3.05, 3.63) is 36.2 Å². The molecule has 0 atom stereocenters. The fourth-order valence-electron chi connectivity index (χ4n) is 2.03. The summed E-state index contributed by atoms with van der Waals surface area (Å²) in [5, 5.41) is 12.7. The van der Waals surface area contributed by atoms with Crippen LogP contribution in [0.2, 0.25) is 0 Å². The first kappa shape index (κ1) is 12.3. The summed E-state index contributed by atoms with van der Waals surface area (Å²) in [6, 6.07) is 9.17. The van der Waals surface area contributed by atoms with Crippen LogP contribution in [0.5, 0.6) is 0 Å². The Balaban J connectivity index is 2.14. The molecule has 3 rings (SSSR count). The maximum absolute atomic E-state index is 11.6. The van der Waals surface area contributed by atoms with Crippen molar-refractivity contribution in [3.63, 3.8) is 0 Å². The Bertz CT molecular complexity index is 690. The number of primary sulfonamides is 1. The maximum Gasteiger partial charge on any atom is 0.274 e. The monoisotopic (exact) mass is 278 g/mol. The van der Waals surface area contributed by atoms with Gasteiger partial charge in [0.2, 0.25) is 0 Å². The zero-order valence-electron chi connectivity index (χ0n) is 10.2. The third kappa shape index (κ3) is 2.52. The van der Waals surface area contributed by atoms with Gasteiger partial charge in [0, 0.05) is 12.1 Å².